The van der Waals surface area contributed by atoms with E-state index in [1.165, 1.54) is 0 Å². The van der Waals surface area contributed by atoms with Crippen molar-refractivity contribution in [2.24, 2.45) is 0 Å². The van der Waals surface area contributed by atoms with Gasteiger partial charge in [0.1, 0.15) is 5.75 Å². The molecule has 1 heterocycles. The Morgan fingerprint density at radius 2 is 1.70 bits per heavy atom. The topological polar surface area (TPSA) is 27.7 Å². The molecule has 0 unspecified atom stereocenters. The lowest BCUT2D eigenvalue weighted by Crippen LogP contribution is -2.28. The molecule has 0 radical (unpaired) electrons. The lowest BCUT2D eigenvalue weighted by Gasteiger charge is -2.28. The lowest BCUT2D eigenvalue weighted by atomic mass is 9.97. The van der Waals surface area contributed by atoms with E-state index in [1.54, 1.807) is 7.11 Å². The summed E-state index contributed by atoms with van der Waals surface area (Å²) < 4.78 is 17.0. The molecule has 104 valence electrons. The molecule has 0 saturated carbocycles. The normalized spacial score (nSPS) is 17.1. The van der Waals surface area contributed by atoms with Gasteiger partial charge in [0.05, 0.1) is 25.3 Å². The highest BCUT2D eigenvalue weighted by atomic mass is 35.5. The Hall–Kier alpha value is -1.55. The molecule has 1 fully saturated rings. The molecule has 3 rings (SSSR count). The molecule has 1 aliphatic rings. The number of hydrogen-bond donors (Lipinski definition) is 0. The first-order valence-electron chi connectivity index (χ1n) is 6.44. The van der Waals surface area contributed by atoms with Crippen LogP contribution in [0.5, 0.6) is 5.75 Å². The number of rotatable bonds is 3. The molecule has 20 heavy (non-hydrogen) atoms. The van der Waals surface area contributed by atoms with Crippen molar-refractivity contribution in [3.8, 4) is 5.75 Å². The number of methoxy groups -OCH3 is 1. The van der Waals surface area contributed by atoms with Crippen molar-refractivity contribution in [1.29, 1.82) is 0 Å². The van der Waals surface area contributed by atoms with Crippen LogP contribution in [0.15, 0.2) is 48.5 Å². The van der Waals surface area contributed by atoms with Gasteiger partial charge in [0.2, 0.25) is 5.79 Å². The molecule has 0 aliphatic carbocycles. The SMILES string of the molecule is COc1ccc(C2(c3ccccc3)OCCO2)cc1Cl. The van der Waals surface area contributed by atoms with E-state index in [9.17, 15) is 0 Å². The van der Waals surface area contributed by atoms with E-state index in [1.807, 2.05) is 48.5 Å². The smallest absolute Gasteiger partial charge is 0.222 e. The van der Waals surface area contributed by atoms with Gasteiger partial charge in [-0.05, 0) is 18.2 Å². The molecular formula is C16H15ClO3. The minimum Gasteiger partial charge on any atom is -0.495 e. The molecule has 0 N–H and O–H groups in total. The van der Waals surface area contributed by atoms with Gasteiger partial charge in [-0.15, -0.1) is 0 Å². The van der Waals surface area contributed by atoms with E-state index < -0.39 is 5.79 Å². The van der Waals surface area contributed by atoms with Crippen LogP contribution in [0.2, 0.25) is 5.02 Å². The fourth-order valence-corrected chi connectivity index (χ4v) is 2.70. The van der Waals surface area contributed by atoms with Gasteiger partial charge in [-0.2, -0.15) is 0 Å². The fourth-order valence-electron chi connectivity index (χ4n) is 2.44. The Balaban J connectivity index is 2.10. The van der Waals surface area contributed by atoms with Crippen LogP contribution in [-0.2, 0) is 15.3 Å². The summed E-state index contributed by atoms with van der Waals surface area (Å²) in [4.78, 5) is 0. The van der Waals surface area contributed by atoms with Crippen LogP contribution < -0.4 is 4.74 Å². The van der Waals surface area contributed by atoms with Crippen molar-refractivity contribution in [2.45, 2.75) is 5.79 Å². The van der Waals surface area contributed by atoms with Gasteiger partial charge in [0, 0.05) is 11.1 Å². The zero-order valence-electron chi connectivity index (χ0n) is 11.1. The quantitative estimate of drug-likeness (QED) is 0.864. The summed E-state index contributed by atoms with van der Waals surface area (Å²) in [6.07, 6.45) is 0. The molecule has 0 spiro atoms. The predicted molar refractivity (Wildman–Crippen MR) is 77.1 cm³/mol. The molecule has 0 bridgehead atoms. The second-order valence-corrected chi connectivity index (χ2v) is 4.94. The van der Waals surface area contributed by atoms with E-state index in [4.69, 9.17) is 25.8 Å². The van der Waals surface area contributed by atoms with Crippen LogP contribution in [0.1, 0.15) is 11.1 Å². The molecule has 3 nitrogen and oxygen atoms in total. The molecule has 2 aromatic rings. The minimum absolute atomic E-state index is 0.541. The summed E-state index contributed by atoms with van der Waals surface area (Å²) >= 11 is 6.22. The van der Waals surface area contributed by atoms with E-state index in [0.29, 0.717) is 24.0 Å². The molecule has 4 heteroatoms. The average Bonchev–Trinajstić information content (AvgIpc) is 2.99. The van der Waals surface area contributed by atoms with Crippen LogP contribution in [-0.4, -0.2) is 20.3 Å². The Labute approximate surface area is 123 Å². The number of hydrogen-bond acceptors (Lipinski definition) is 3. The highest BCUT2D eigenvalue weighted by Crippen LogP contribution is 2.40. The Kier molecular flexibility index (Phi) is 3.66. The fraction of sp³-hybridized carbons (Fsp3) is 0.250. The maximum absolute atomic E-state index is 6.22. The van der Waals surface area contributed by atoms with Gasteiger partial charge in [0.25, 0.3) is 0 Å². The summed E-state index contributed by atoms with van der Waals surface area (Å²) in [6, 6.07) is 15.5. The Morgan fingerprint density at radius 1 is 1.00 bits per heavy atom. The molecule has 1 saturated heterocycles. The largest absolute Gasteiger partial charge is 0.495 e. The third kappa shape index (κ3) is 2.18. The van der Waals surface area contributed by atoms with Crippen LogP contribution >= 0.6 is 11.6 Å². The van der Waals surface area contributed by atoms with Crippen molar-refractivity contribution in [3.63, 3.8) is 0 Å². The third-order valence-electron chi connectivity index (χ3n) is 3.38. The van der Waals surface area contributed by atoms with Gasteiger partial charge in [-0.1, -0.05) is 41.9 Å². The maximum atomic E-state index is 6.22. The molecule has 1 aliphatic heterocycles. The first-order chi connectivity index (χ1) is 9.76. The van der Waals surface area contributed by atoms with E-state index >= 15 is 0 Å². The van der Waals surface area contributed by atoms with Crippen molar-refractivity contribution < 1.29 is 14.2 Å². The van der Waals surface area contributed by atoms with E-state index in [2.05, 4.69) is 0 Å². The van der Waals surface area contributed by atoms with Crippen molar-refractivity contribution >= 4 is 11.6 Å². The van der Waals surface area contributed by atoms with E-state index in [-0.39, 0.29) is 0 Å². The second-order valence-electron chi connectivity index (χ2n) is 4.53. The van der Waals surface area contributed by atoms with Crippen molar-refractivity contribution in [1.82, 2.24) is 0 Å². The first-order valence-corrected chi connectivity index (χ1v) is 6.81. The van der Waals surface area contributed by atoms with Gasteiger partial charge >= 0.3 is 0 Å². The van der Waals surface area contributed by atoms with E-state index in [0.717, 1.165) is 11.1 Å². The summed E-state index contributed by atoms with van der Waals surface area (Å²) in [5.41, 5.74) is 1.82. The second kappa shape index (κ2) is 5.44. The summed E-state index contributed by atoms with van der Waals surface area (Å²) in [6.45, 7) is 1.11. The van der Waals surface area contributed by atoms with Crippen LogP contribution in [0, 0.1) is 0 Å². The van der Waals surface area contributed by atoms with Crippen LogP contribution in [0.25, 0.3) is 0 Å². The van der Waals surface area contributed by atoms with Crippen molar-refractivity contribution in [3.05, 3.63) is 64.7 Å². The van der Waals surface area contributed by atoms with Gasteiger partial charge in [-0.3, -0.25) is 0 Å². The highest BCUT2D eigenvalue weighted by Gasteiger charge is 2.40. The number of benzene rings is 2. The zero-order chi connectivity index (χ0) is 14.0. The standard InChI is InChI=1S/C16H15ClO3/c1-18-15-8-7-13(11-14(15)17)16(19-9-10-20-16)12-5-3-2-4-6-12/h2-8,11H,9-10H2,1H3. The summed E-state index contributed by atoms with van der Waals surface area (Å²) in [5, 5.41) is 0.541. The van der Waals surface area contributed by atoms with Crippen LogP contribution in [0.3, 0.4) is 0 Å². The Morgan fingerprint density at radius 3 is 2.30 bits per heavy atom. The minimum atomic E-state index is -0.878. The predicted octanol–water partition coefficient (Wildman–Crippen LogP) is 3.60. The van der Waals surface area contributed by atoms with Gasteiger partial charge in [0.15, 0.2) is 0 Å². The van der Waals surface area contributed by atoms with Crippen LogP contribution in [0.4, 0.5) is 0 Å². The van der Waals surface area contributed by atoms with Gasteiger partial charge in [-0.25, -0.2) is 0 Å². The molecule has 0 amide bonds. The Bertz CT molecular complexity index is 592. The molecule has 0 atom stereocenters. The zero-order valence-corrected chi connectivity index (χ0v) is 11.9. The third-order valence-corrected chi connectivity index (χ3v) is 3.68. The summed E-state index contributed by atoms with van der Waals surface area (Å²) in [5.74, 6) is -0.242. The van der Waals surface area contributed by atoms with Gasteiger partial charge < -0.3 is 14.2 Å². The number of halogens is 1. The monoisotopic (exact) mass is 290 g/mol. The first kappa shape index (κ1) is 13.4. The molecule has 2 aromatic carbocycles. The summed E-state index contributed by atoms with van der Waals surface area (Å²) in [7, 11) is 1.59. The highest BCUT2D eigenvalue weighted by molar-refractivity contribution is 6.32. The number of ether oxygens (including phenoxy) is 3. The van der Waals surface area contributed by atoms with Crippen molar-refractivity contribution in [2.75, 3.05) is 20.3 Å². The molecule has 0 aromatic heterocycles. The lowest BCUT2D eigenvalue weighted by molar-refractivity contribution is -0.129. The maximum Gasteiger partial charge on any atom is 0.222 e. The molecular weight excluding hydrogens is 276 g/mol. The average molecular weight is 291 g/mol.